The number of amides is 1. The van der Waals surface area contributed by atoms with Crippen LogP contribution in [0, 0.1) is 5.92 Å². The van der Waals surface area contributed by atoms with E-state index in [-0.39, 0.29) is 20.7 Å². The highest BCUT2D eigenvalue weighted by Crippen LogP contribution is 2.35. The standard InChI is InChI=1S/C16H15NO5S2/c1-8(2)12(15(21)22)17-13(18)11(24-16(17)23)7-9-5-3-4-6-10(9)14(19)20/h3-8,12H,1-2H3,(H,19,20)(H,21,22). The molecule has 0 saturated carbocycles. The predicted molar refractivity (Wildman–Crippen MR) is 94.7 cm³/mol. The van der Waals surface area contributed by atoms with Crippen molar-refractivity contribution in [1.29, 1.82) is 0 Å². The molecule has 1 fully saturated rings. The molecule has 1 aliphatic rings. The zero-order valence-electron chi connectivity index (χ0n) is 12.9. The highest BCUT2D eigenvalue weighted by atomic mass is 32.2. The van der Waals surface area contributed by atoms with Gasteiger partial charge in [-0.15, -0.1) is 0 Å². The lowest BCUT2D eigenvalue weighted by Gasteiger charge is -2.26. The van der Waals surface area contributed by atoms with Crippen LogP contribution in [0.2, 0.25) is 0 Å². The minimum absolute atomic E-state index is 0.0569. The van der Waals surface area contributed by atoms with Gasteiger partial charge in [-0.1, -0.05) is 56.0 Å². The Balaban J connectivity index is 2.42. The smallest absolute Gasteiger partial charge is 0.336 e. The molecule has 0 aliphatic carbocycles. The summed E-state index contributed by atoms with van der Waals surface area (Å²) in [5.74, 6) is -3.08. The number of carboxylic acids is 2. The van der Waals surface area contributed by atoms with Gasteiger partial charge in [0.1, 0.15) is 10.4 Å². The van der Waals surface area contributed by atoms with Crippen molar-refractivity contribution in [2.24, 2.45) is 5.92 Å². The van der Waals surface area contributed by atoms with Gasteiger partial charge in [0.2, 0.25) is 0 Å². The van der Waals surface area contributed by atoms with E-state index in [4.69, 9.17) is 12.2 Å². The van der Waals surface area contributed by atoms with Crippen LogP contribution < -0.4 is 0 Å². The van der Waals surface area contributed by atoms with Crippen LogP contribution in [0.3, 0.4) is 0 Å². The Bertz CT molecular complexity index is 757. The van der Waals surface area contributed by atoms with Crippen molar-refractivity contribution in [2.75, 3.05) is 0 Å². The number of hydrogen-bond donors (Lipinski definition) is 2. The summed E-state index contributed by atoms with van der Waals surface area (Å²) >= 11 is 6.13. The van der Waals surface area contributed by atoms with E-state index in [0.29, 0.717) is 5.56 Å². The van der Waals surface area contributed by atoms with Crippen LogP contribution in [0.5, 0.6) is 0 Å². The number of carbonyl (C=O) groups excluding carboxylic acids is 1. The van der Waals surface area contributed by atoms with Crippen molar-refractivity contribution < 1.29 is 24.6 Å². The van der Waals surface area contributed by atoms with Gasteiger partial charge in [0.25, 0.3) is 5.91 Å². The van der Waals surface area contributed by atoms with Crippen LogP contribution >= 0.6 is 24.0 Å². The van der Waals surface area contributed by atoms with E-state index in [0.717, 1.165) is 16.7 Å². The molecule has 126 valence electrons. The number of carbonyl (C=O) groups is 3. The Morgan fingerprint density at radius 3 is 2.42 bits per heavy atom. The van der Waals surface area contributed by atoms with Crippen molar-refractivity contribution >= 4 is 52.2 Å². The van der Waals surface area contributed by atoms with Crippen LogP contribution in [-0.4, -0.2) is 43.3 Å². The van der Waals surface area contributed by atoms with Crippen LogP contribution in [0.15, 0.2) is 29.2 Å². The fraction of sp³-hybridized carbons (Fsp3) is 0.250. The molecule has 1 amide bonds. The van der Waals surface area contributed by atoms with Crippen molar-refractivity contribution in [3.05, 3.63) is 40.3 Å². The molecule has 0 aromatic heterocycles. The van der Waals surface area contributed by atoms with Gasteiger partial charge in [0, 0.05) is 0 Å². The second-order valence-electron chi connectivity index (χ2n) is 5.47. The van der Waals surface area contributed by atoms with Gasteiger partial charge in [0.05, 0.1) is 10.5 Å². The van der Waals surface area contributed by atoms with E-state index in [2.05, 4.69) is 0 Å². The maximum absolute atomic E-state index is 12.6. The van der Waals surface area contributed by atoms with E-state index in [1.54, 1.807) is 32.0 Å². The molecule has 1 saturated heterocycles. The monoisotopic (exact) mass is 365 g/mol. The van der Waals surface area contributed by atoms with Crippen LogP contribution in [-0.2, 0) is 9.59 Å². The first-order valence-electron chi connectivity index (χ1n) is 7.06. The maximum Gasteiger partial charge on any atom is 0.336 e. The summed E-state index contributed by atoms with van der Waals surface area (Å²) in [7, 11) is 0. The highest BCUT2D eigenvalue weighted by Gasteiger charge is 2.41. The van der Waals surface area contributed by atoms with Crippen molar-refractivity contribution in [3.8, 4) is 0 Å². The van der Waals surface area contributed by atoms with Crippen LogP contribution in [0.4, 0.5) is 0 Å². The summed E-state index contributed by atoms with van der Waals surface area (Å²) < 4.78 is 0.153. The van der Waals surface area contributed by atoms with Gasteiger partial charge in [-0.25, -0.2) is 9.59 Å². The topological polar surface area (TPSA) is 94.9 Å². The van der Waals surface area contributed by atoms with Crippen molar-refractivity contribution in [1.82, 2.24) is 4.90 Å². The van der Waals surface area contributed by atoms with E-state index < -0.39 is 23.9 Å². The molecule has 0 bridgehead atoms. The average molecular weight is 365 g/mol. The quantitative estimate of drug-likeness (QED) is 0.612. The first-order valence-corrected chi connectivity index (χ1v) is 8.28. The number of benzene rings is 1. The Kier molecular flexibility index (Phi) is 5.40. The van der Waals surface area contributed by atoms with E-state index in [1.807, 2.05) is 0 Å². The Morgan fingerprint density at radius 2 is 1.88 bits per heavy atom. The Labute approximate surface area is 148 Å². The molecule has 1 atom stereocenters. The summed E-state index contributed by atoms with van der Waals surface area (Å²) in [6.45, 7) is 3.39. The average Bonchev–Trinajstić information content (AvgIpc) is 2.75. The number of thiocarbonyl (C=S) groups is 1. The minimum atomic E-state index is -1.13. The van der Waals surface area contributed by atoms with Gasteiger partial charge in [-0.2, -0.15) is 0 Å². The third kappa shape index (κ3) is 3.49. The highest BCUT2D eigenvalue weighted by molar-refractivity contribution is 8.26. The van der Waals surface area contributed by atoms with Crippen molar-refractivity contribution in [2.45, 2.75) is 19.9 Å². The molecular weight excluding hydrogens is 350 g/mol. The number of hydrogen-bond acceptors (Lipinski definition) is 5. The molecule has 24 heavy (non-hydrogen) atoms. The molecule has 0 radical (unpaired) electrons. The second kappa shape index (κ2) is 7.14. The zero-order chi connectivity index (χ0) is 18.0. The number of aromatic carboxylic acids is 1. The number of aliphatic carboxylic acids is 1. The molecule has 1 aromatic rings. The molecular formula is C16H15NO5S2. The zero-order valence-corrected chi connectivity index (χ0v) is 14.6. The normalized spacial score (nSPS) is 17.6. The summed E-state index contributed by atoms with van der Waals surface area (Å²) in [6.07, 6.45) is 1.43. The van der Waals surface area contributed by atoms with Crippen LogP contribution in [0.1, 0.15) is 29.8 Å². The molecule has 6 nitrogen and oxygen atoms in total. The Hall–Kier alpha value is -2.19. The molecule has 1 aromatic carbocycles. The molecule has 1 unspecified atom stereocenters. The number of carboxylic acid groups (broad SMARTS) is 2. The lowest BCUT2D eigenvalue weighted by Crippen LogP contribution is -2.47. The van der Waals surface area contributed by atoms with E-state index >= 15 is 0 Å². The van der Waals surface area contributed by atoms with Gasteiger partial charge < -0.3 is 10.2 Å². The summed E-state index contributed by atoms with van der Waals surface area (Å²) in [6, 6.07) is 5.20. The largest absolute Gasteiger partial charge is 0.480 e. The number of rotatable bonds is 5. The van der Waals surface area contributed by atoms with Crippen molar-refractivity contribution in [3.63, 3.8) is 0 Å². The second-order valence-corrected chi connectivity index (χ2v) is 7.15. The van der Waals surface area contributed by atoms with E-state index in [9.17, 15) is 24.6 Å². The van der Waals surface area contributed by atoms with Gasteiger partial charge in [0.15, 0.2) is 0 Å². The fourth-order valence-corrected chi connectivity index (χ4v) is 3.69. The molecule has 8 heteroatoms. The minimum Gasteiger partial charge on any atom is -0.480 e. The Morgan fingerprint density at radius 1 is 1.25 bits per heavy atom. The van der Waals surface area contributed by atoms with Crippen LogP contribution in [0.25, 0.3) is 6.08 Å². The lowest BCUT2D eigenvalue weighted by molar-refractivity contribution is -0.146. The third-order valence-corrected chi connectivity index (χ3v) is 4.79. The van der Waals surface area contributed by atoms with E-state index in [1.165, 1.54) is 12.1 Å². The van der Waals surface area contributed by atoms with Gasteiger partial charge >= 0.3 is 11.9 Å². The first kappa shape index (κ1) is 18.2. The summed E-state index contributed by atoms with van der Waals surface area (Å²) in [5.41, 5.74) is 0.420. The third-order valence-electron chi connectivity index (χ3n) is 3.46. The molecule has 1 aliphatic heterocycles. The van der Waals surface area contributed by atoms with Gasteiger partial charge in [-0.3, -0.25) is 9.69 Å². The molecule has 2 N–H and O–H groups in total. The van der Waals surface area contributed by atoms with Gasteiger partial charge in [-0.05, 0) is 23.6 Å². The fourth-order valence-electron chi connectivity index (χ4n) is 2.37. The first-order chi connectivity index (χ1) is 11.2. The maximum atomic E-state index is 12.6. The molecule has 1 heterocycles. The lowest BCUT2D eigenvalue weighted by atomic mass is 10.0. The summed E-state index contributed by atoms with van der Waals surface area (Å²) in [4.78, 5) is 36.6. The number of thioether (sulfide) groups is 1. The SMILES string of the molecule is CC(C)C(C(=O)O)N1C(=O)C(=Cc2ccccc2C(=O)O)SC1=S. The number of nitrogens with zero attached hydrogens (tertiary/aromatic N) is 1. The molecule has 0 spiro atoms. The predicted octanol–water partition coefficient (Wildman–Crippen LogP) is 2.70. The summed E-state index contributed by atoms with van der Waals surface area (Å²) in [5, 5.41) is 18.6. The molecule has 2 rings (SSSR count).